The molecule has 3 heterocycles. The number of aromatic amines is 1. The number of likely N-dealkylation sites (tertiary alicyclic amines) is 1. The van der Waals surface area contributed by atoms with Crippen molar-refractivity contribution < 1.29 is 0 Å². The molecular weight excluding hydrogens is 312 g/mol. The molecule has 6 heteroatoms. The van der Waals surface area contributed by atoms with Crippen LogP contribution in [0.4, 0.5) is 5.95 Å². The van der Waals surface area contributed by atoms with E-state index in [1.54, 1.807) is 0 Å². The minimum absolute atomic E-state index is 0.529. The van der Waals surface area contributed by atoms with Crippen molar-refractivity contribution in [2.45, 2.75) is 59.0 Å². The highest BCUT2D eigenvalue weighted by atomic mass is 15.2. The molecule has 1 aliphatic carbocycles. The average Bonchev–Trinajstić information content (AvgIpc) is 2.92. The Kier molecular flexibility index (Phi) is 4.23. The minimum atomic E-state index is 0.529. The lowest BCUT2D eigenvalue weighted by Gasteiger charge is -2.52. The molecule has 25 heavy (non-hydrogen) atoms. The first kappa shape index (κ1) is 16.5. The summed E-state index contributed by atoms with van der Waals surface area (Å²) in [6.07, 6.45) is 5.09. The number of aryl methyl sites for hydroxylation is 3. The van der Waals surface area contributed by atoms with Gasteiger partial charge in [-0.25, -0.2) is 9.97 Å². The van der Waals surface area contributed by atoms with Crippen LogP contribution in [-0.4, -0.2) is 44.2 Å². The fraction of sp³-hybridized carbons (Fsp3) is 0.632. The Hall–Kier alpha value is -1.95. The number of anilines is 1. The van der Waals surface area contributed by atoms with Gasteiger partial charge in [0.25, 0.3) is 0 Å². The van der Waals surface area contributed by atoms with Crippen LogP contribution in [0.5, 0.6) is 0 Å². The molecule has 0 aromatic carbocycles. The first-order valence-corrected chi connectivity index (χ1v) is 9.32. The summed E-state index contributed by atoms with van der Waals surface area (Å²) in [5, 5.41) is 10.9. The van der Waals surface area contributed by atoms with Gasteiger partial charge in [0.2, 0.25) is 5.95 Å². The summed E-state index contributed by atoms with van der Waals surface area (Å²) >= 11 is 0. The normalized spacial score (nSPS) is 20.6. The molecular formula is C19H28N6. The predicted molar refractivity (Wildman–Crippen MR) is 98.4 cm³/mol. The molecule has 2 aliphatic rings. The van der Waals surface area contributed by atoms with Crippen LogP contribution in [0, 0.1) is 26.2 Å². The first-order valence-electron chi connectivity index (χ1n) is 9.32. The standard InChI is InChI=1S/C19H28N6/c1-13-8-14(2)21-18(20-13)22-17-10-19(11-17)4-6-25(7-5-19)12-16-9-15(3)23-24-16/h8-9,17H,4-7,10-12H2,1-3H3,(H,23,24)(H,20,21,22). The van der Waals surface area contributed by atoms with Crippen molar-refractivity contribution in [1.82, 2.24) is 25.1 Å². The summed E-state index contributed by atoms with van der Waals surface area (Å²) in [6, 6.07) is 4.70. The molecule has 6 nitrogen and oxygen atoms in total. The maximum atomic E-state index is 4.51. The van der Waals surface area contributed by atoms with E-state index in [0.717, 1.165) is 35.3 Å². The van der Waals surface area contributed by atoms with Crippen molar-refractivity contribution in [2.24, 2.45) is 5.41 Å². The third-order valence-electron chi connectivity index (χ3n) is 5.74. The number of nitrogens with zero attached hydrogens (tertiary/aromatic N) is 4. The van der Waals surface area contributed by atoms with E-state index in [2.05, 4.69) is 43.4 Å². The van der Waals surface area contributed by atoms with Gasteiger partial charge in [-0.3, -0.25) is 10.00 Å². The smallest absolute Gasteiger partial charge is 0.223 e. The monoisotopic (exact) mass is 340 g/mol. The van der Waals surface area contributed by atoms with Gasteiger partial charge in [0.15, 0.2) is 0 Å². The molecule has 4 rings (SSSR count). The average molecular weight is 340 g/mol. The quantitative estimate of drug-likeness (QED) is 0.895. The SMILES string of the molecule is Cc1cc(C)nc(NC2CC3(CCN(Cc4cc(C)[nH]n4)CC3)C2)n1. The van der Waals surface area contributed by atoms with Crippen LogP contribution in [0.2, 0.25) is 0 Å². The van der Waals surface area contributed by atoms with Crippen LogP contribution < -0.4 is 5.32 Å². The number of piperidine rings is 1. The van der Waals surface area contributed by atoms with Gasteiger partial charge in [-0.2, -0.15) is 5.10 Å². The Bertz CT molecular complexity index is 716. The van der Waals surface area contributed by atoms with E-state index in [1.165, 1.54) is 38.8 Å². The van der Waals surface area contributed by atoms with Crippen LogP contribution >= 0.6 is 0 Å². The summed E-state index contributed by atoms with van der Waals surface area (Å²) in [6.45, 7) is 9.44. The highest BCUT2D eigenvalue weighted by Crippen LogP contribution is 2.49. The minimum Gasteiger partial charge on any atom is -0.351 e. The number of hydrogen-bond donors (Lipinski definition) is 2. The summed E-state index contributed by atoms with van der Waals surface area (Å²) in [5.74, 6) is 0.795. The zero-order valence-corrected chi connectivity index (χ0v) is 15.5. The van der Waals surface area contributed by atoms with Gasteiger partial charge in [-0.05, 0) is 77.1 Å². The molecule has 0 bridgehead atoms. The van der Waals surface area contributed by atoms with Crippen LogP contribution in [-0.2, 0) is 6.54 Å². The van der Waals surface area contributed by atoms with E-state index in [4.69, 9.17) is 0 Å². The van der Waals surface area contributed by atoms with Crippen molar-refractivity contribution in [3.8, 4) is 0 Å². The molecule has 0 radical (unpaired) electrons. The fourth-order valence-corrected chi connectivity index (χ4v) is 4.44. The molecule has 1 spiro atoms. The maximum Gasteiger partial charge on any atom is 0.223 e. The van der Waals surface area contributed by atoms with Gasteiger partial charge in [0.05, 0.1) is 5.69 Å². The van der Waals surface area contributed by atoms with Crippen molar-refractivity contribution in [3.63, 3.8) is 0 Å². The van der Waals surface area contributed by atoms with Crippen LogP contribution in [0.1, 0.15) is 48.5 Å². The van der Waals surface area contributed by atoms with Crippen molar-refractivity contribution in [3.05, 3.63) is 34.9 Å². The Labute approximate surface area is 149 Å². The van der Waals surface area contributed by atoms with Crippen LogP contribution in [0.3, 0.4) is 0 Å². The second-order valence-electron chi connectivity index (χ2n) is 8.04. The maximum absolute atomic E-state index is 4.51. The Morgan fingerprint density at radius 1 is 1.12 bits per heavy atom. The molecule has 1 aliphatic heterocycles. The molecule has 2 aromatic heterocycles. The number of aromatic nitrogens is 4. The number of rotatable bonds is 4. The third kappa shape index (κ3) is 3.68. The van der Waals surface area contributed by atoms with Crippen molar-refractivity contribution in [1.29, 1.82) is 0 Å². The second kappa shape index (κ2) is 6.41. The molecule has 0 amide bonds. The second-order valence-corrected chi connectivity index (χ2v) is 8.04. The van der Waals surface area contributed by atoms with Crippen LogP contribution in [0.25, 0.3) is 0 Å². The number of nitrogens with one attached hydrogen (secondary N) is 2. The van der Waals surface area contributed by atoms with E-state index in [-0.39, 0.29) is 0 Å². The molecule has 1 saturated heterocycles. The summed E-state index contributed by atoms with van der Waals surface area (Å²) in [4.78, 5) is 11.6. The largest absolute Gasteiger partial charge is 0.351 e. The Morgan fingerprint density at radius 2 is 1.80 bits per heavy atom. The highest BCUT2D eigenvalue weighted by molar-refractivity contribution is 5.30. The molecule has 0 atom stereocenters. The van der Waals surface area contributed by atoms with E-state index in [0.29, 0.717) is 11.5 Å². The molecule has 2 N–H and O–H groups in total. The van der Waals surface area contributed by atoms with Gasteiger partial charge in [0.1, 0.15) is 0 Å². The molecule has 134 valence electrons. The summed E-state index contributed by atoms with van der Waals surface area (Å²) < 4.78 is 0. The van der Waals surface area contributed by atoms with E-state index in [9.17, 15) is 0 Å². The van der Waals surface area contributed by atoms with Gasteiger partial charge in [-0.15, -0.1) is 0 Å². The lowest BCUT2D eigenvalue weighted by molar-refractivity contribution is 0.0205. The van der Waals surface area contributed by atoms with Crippen molar-refractivity contribution >= 4 is 5.95 Å². The van der Waals surface area contributed by atoms with Gasteiger partial charge >= 0.3 is 0 Å². The zero-order valence-electron chi connectivity index (χ0n) is 15.5. The first-order chi connectivity index (χ1) is 12.0. The molecule has 2 fully saturated rings. The van der Waals surface area contributed by atoms with E-state index in [1.807, 2.05) is 19.9 Å². The number of hydrogen-bond acceptors (Lipinski definition) is 5. The zero-order chi connectivity index (χ0) is 17.4. The Morgan fingerprint density at radius 3 is 2.40 bits per heavy atom. The van der Waals surface area contributed by atoms with Gasteiger partial charge in [0, 0.05) is 29.7 Å². The van der Waals surface area contributed by atoms with Gasteiger partial charge < -0.3 is 5.32 Å². The Balaban J connectivity index is 1.26. The molecule has 0 unspecified atom stereocenters. The topological polar surface area (TPSA) is 69.7 Å². The van der Waals surface area contributed by atoms with Crippen LogP contribution in [0.15, 0.2) is 12.1 Å². The third-order valence-corrected chi connectivity index (χ3v) is 5.74. The van der Waals surface area contributed by atoms with E-state index >= 15 is 0 Å². The van der Waals surface area contributed by atoms with Crippen molar-refractivity contribution in [2.75, 3.05) is 18.4 Å². The summed E-state index contributed by atoms with van der Waals surface area (Å²) in [7, 11) is 0. The van der Waals surface area contributed by atoms with Gasteiger partial charge in [-0.1, -0.05) is 0 Å². The highest BCUT2D eigenvalue weighted by Gasteiger charge is 2.45. The fourth-order valence-electron chi connectivity index (χ4n) is 4.44. The van der Waals surface area contributed by atoms with E-state index < -0.39 is 0 Å². The predicted octanol–water partition coefficient (Wildman–Crippen LogP) is 2.98. The lowest BCUT2D eigenvalue weighted by Crippen LogP contribution is -2.51. The number of H-pyrrole nitrogens is 1. The lowest BCUT2D eigenvalue weighted by atomic mass is 9.60. The molecule has 2 aromatic rings. The summed E-state index contributed by atoms with van der Waals surface area (Å²) in [5.41, 5.74) is 4.91. The molecule has 1 saturated carbocycles.